The number of nitrogens with one attached hydrogen (secondary N) is 1. The van der Waals surface area contributed by atoms with E-state index in [-0.39, 0.29) is 5.75 Å². The van der Waals surface area contributed by atoms with Crippen molar-refractivity contribution in [3.05, 3.63) is 67.0 Å². The minimum atomic E-state index is -4.74. The van der Waals surface area contributed by atoms with Crippen molar-refractivity contribution in [1.82, 2.24) is 24.7 Å². The normalized spacial score (nSPS) is 12.0. The zero-order chi connectivity index (χ0) is 20.0. The number of imidazole rings is 1. The first-order chi connectivity index (χ1) is 14.0. The summed E-state index contributed by atoms with van der Waals surface area (Å²) >= 11 is 0. The molecule has 0 bridgehead atoms. The smallest absolute Gasteiger partial charge is 0.406 e. The Balaban J connectivity index is 1.67. The van der Waals surface area contributed by atoms with Crippen molar-refractivity contribution in [2.24, 2.45) is 0 Å². The Morgan fingerprint density at radius 3 is 2.62 bits per heavy atom. The van der Waals surface area contributed by atoms with Crippen LogP contribution in [-0.2, 0) is 0 Å². The fourth-order valence-corrected chi connectivity index (χ4v) is 3.23. The summed E-state index contributed by atoms with van der Waals surface area (Å²) in [5.74, 6) is 0.266. The highest BCUT2D eigenvalue weighted by Crippen LogP contribution is 2.31. The average Bonchev–Trinajstić information content (AvgIpc) is 3.31. The summed E-state index contributed by atoms with van der Waals surface area (Å²) in [6, 6.07) is 15.0. The van der Waals surface area contributed by atoms with Gasteiger partial charge in [-0.2, -0.15) is 5.10 Å². The summed E-state index contributed by atoms with van der Waals surface area (Å²) in [5, 5.41) is 7.86. The van der Waals surface area contributed by atoms with E-state index in [1.54, 1.807) is 18.5 Å². The molecular formula is C20H12F3N5O. The number of aromatic amines is 1. The lowest BCUT2D eigenvalue weighted by atomic mass is 10.2. The van der Waals surface area contributed by atoms with Crippen molar-refractivity contribution in [3.8, 4) is 22.8 Å². The number of alkyl halides is 3. The number of fused-ring (bicyclic) bond motifs is 2. The minimum Gasteiger partial charge on any atom is -0.406 e. The topological polar surface area (TPSA) is 68.6 Å². The van der Waals surface area contributed by atoms with Crippen LogP contribution in [0.2, 0.25) is 0 Å². The van der Waals surface area contributed by atoms with Gasteiger partial charge in [-0.1, -0.05) is 0 Å². The summed E-state index contributed by atoms with van der Waals surface area (Å²) < 4.78 is 43.1. The molecule has 9 heteroatoms. The van der Waals surface area contributed by atoms with Crippen LogP contribution in [0.15, 0.2) is 67.0 Å². The van der Waals surface area contributed by atoms with Crippen molar-refractivity contribution in [2.45, 2.75) is 6.36 Å². The monoisotopic (exact) mass is 395 g/mol. The highest BCUT2D eigenvalue weighted by molar-refractivity contribution is 5.84. The molecule has 0 saturated heterocycles. The van der Waals surface area contributed by atoms with E-state index < -0.39 is 6.36 Å². The summed E-state index contributed by atoms with van der Waals surface area (Å²) in [6.07, 6.45) is -1.35. The third-order valence-electron chi connectivity index (χ3n) is 4.44. The van der Waals surface area contributed by atoms with Crippen molar-refractivity contribution >= 4 is 22.1 Å². The molecule has 144 valence electrons. The van der Waals surface area contributed by atoms with Gasteiger partial charge in [0.2, 0.25) is 0 Å². The second kappa shape index (κ2) is 6.33. The van der Waals surface area contributed by atoms with Gasteiger partial charge in [-0.25, -0.2) is 9.97 Å². The zero-order valence-electron chi connectivity index (χ0n) is 14.7. The molecule has 0 saturated carbocycles. The summed E-state index contributed by atoms with van der Waals surface area (Å²) in [5.41, 5.74) is 3.64. The van der Waals surface area contributed by atoms with E-state index in [0.29, 0.717) is 22.6 Å². The lowest BCUT2D eigenvalue weighted by molar-refractivity contribution is -0.274. The van der Waals surface area contributed by atoms with Crippen LogP contribution in [-0.4, -0.2) is 31.1 Å². The Hall–Kier alpha value is -3.88. The summed E-state index contributed by atoms with van der Waals surface area (Å²) in [7, 11) is 0. The summed E-state index contributed by atoms with van der Waals surface area (Å²) in [4.78, 5) is 9.09. The maximum Gasteiger partial charge on any atom is 0.573 e. The number of pyridine rings is 1. The number of ether oxygens (including phenoxy) is 1. The average molecular weight is 395 g/mol. The molecule has 6 nitrogen and oxygen atoms in total. The highest BCUT2D eigenvalue weighted by atomic mass is 19.4. The molecule has 0 amide bonds. The van der Waals surface area contributed by atoms with Crippen LogP contribution in [0, 0.1) is 0 Å². The molecule has 0 unspecified atom stereocenters. The van der Waals surface area contributed by atoms with E-state index >= 15 is 0 Å². The quantitative estimate of drug-likeness (QED) is 0.474. The fourth-order valence-electron chi connectivity index (χ4n) is 3.23. The molecule has 5 aromatic rings. The molecule has 0 fully saturated rings. The van der Waals surface area contributed by atoms with Gasteiger partial charge in [0.05, 0.1) is 11.7 Å². The third kappa shape index (κ3) is 3.16. The first-order valence-electron chi connectivity index (χ1n) is 8.61. The van der Waals surface area contributed by atoms with E-state index in [1.807, 2.05) is 28.8 Å². The van der Waals surface area contributed by atoms with Crippen LogP contribution in [0.5, 0.6) is 5.75 Å². The van der Waals surface area contributed by atoms with Crippen molar-refractivity contribution in [2.75, 3.05) is 0 Å². The second-order valence-electron chi connectivity index (χ2n) is 6.33. The van der Waals surface area contributed by atoms with E-state index in [2.05, 4.69) is 24.9 Å². The van der Waals surface area contributed by atoms with Crippen LogP contribution >= 0.6 is 0 Å². The molecule has 0 aliphatic carbocycles. The number of benzene rings is 2. The Kier molecular flexibility index (Phi) is 3.76. The largest absolute Gasteiger partial charge is 0.573 e. The third-order valence-corrected chi connectivity index (χ3v) is 4.44. The maximum absolute atomic E-state index is 12.4. The van der Waals surface area contributed by atoms with Gasteiger partial charge in [0.15, 0.2) is 5.65 Å². The predicted octanol–water partition coefficient (Wildman–Crippen LogP) is 4.86. The van der Waals surface area contributed by atoms with Gasteiger partial charge in [-0.05, 0) is 54.6 Å². The molecule has 29 heavy (non-hydrogen) atoms. The predicted molar refractivity (Wildman–Crippen MR) is 101 cm³/mol. The van der Waals surface area contributed by atoms with E-state index in [0.717, 1.165) is 16.6 Å². The molecule has 3 aromatic heterocycles. The lowest BCUT2D eigenvalue weighted by Gasteiger charge is -2.11. The number of halogens is 3. The van der Waals surface area contributed by atoms with Gasteiger partial charge in [-0.15, -0.1) is 13.2 Å². The Bertz CT molecular complexity index is 1320. The van der Waals surface area contributed by atoms with Crippen molar-refractivity contribution < 1.29 is 17.9 Å². The molecule has 3 heterocycles. The van der Waals surface area contributed by atoms with Crippen LogP contribution in [0.4, 0.5) is 13.2 Å². The maximum atomic E-state index is 12.4. The number of nitrogens with zero attached hydrogens (tertiary/aromatic N) is 4. The Morgan fingerprint density at radius 1 is 1.00 bits per heavy atom. The molecule has 0 atom stereocenters. The molecule has 2 aromatic carbocycles. The fraction of sp³-hybridized carbons (Fsp3) is 0.0500. The van der Waals surface area contributed by atoms with Crippen molar-refractivity contribution in [3.63, 3.8) is 0 Å². The lowest BCUT2D eigenvalue weighted by Crippen LogP contribution is -2.16. The van der Waals surface area contributed by atoms with Crippen LogP contribution in [0.25, 0.3) is 39.1 Å². The molecule has 0 aliphatic rings. The van der Waals surface area contributed by atoms with Gasteiger partial charge in [-0.3, -0.25) is 9.67 Å². The number of hydrogen-bond acceptors (Lipinski definition) is 4. The number of aromatic nitrogens is 5. The van der Waals surface area contributed by atoms with Gasteiger partial charge in [0.1, 0.15) is 17.1 Å². The van der Waals surface area contributed by atoms with E-state index in [1.165, 1.54) is 24.3 Å². The number of H-pyrrole nitrogens is 1. The molecule has 0 radical (unpaired) electrons. The van der Waals surface area contributed by atoms with Gasteiger partial charge in [0, 0.05) is 22.8 Å². The molecular weight excluding hydrogens is 383 g/mol. The molecule has 1 N–H and O–H groups in total. The summed E-state index contributed by atoms with van der Waals surface area (Å²) in [6.45, 7) is 0. The Labute approximate surface area is 161 Å². The zero-order valence-corrected chi connectivity index (χ0v) is 14.7. The van der Waals surface area contributed by atoms with Crippen LogP contribution in [0.1, 0.15) is 0 Å². The number of rotatable bonds is 3. The Morgan fingerprint density at radius 2 is 1.83 bits per heavy atom. The SMILES string of the molecule is FC(F)(F)Oc1ccc(-c2nc3cccnc3n2-c2ccc3[nH]ncc3c2)cc1. The van der Waals surface area contributed by atoms with E-state index in [4.69, 9.17) is 0 Å². The molecule has 5 rings (SSSR count). The van der Waals surface area contributed by atoms with Crippen LogP contribution < -0.4 is 4.74 Å². The minimum absolute atomic E-state index is 0.290. The first kappa shape index (κ1) is 17.2. The second-order valence-corrected chi connectivity index (χ2v) is 6.33. The van der Waals surface area contributed by atoms with Crippen LogP contribution in [0.3, 0.4) is 0 Å². The standard InChI is InChI=1S/C20H12F3N5O/c21-20(22,23)29-15-6-3-12(4-7-15)18-26-17-2-1-9-24-19(17)28(18)14-5-8-16-13(10-14)11-25-27-16/h1-11H,(H,25,27). The van der Waals surface area contributed by atoms with Gasteiger partial charge < -0.3 is 4.74 Å². The highest BCUT2D eigenvalue weighted by Gasteiger charge is 2.31. The molecule has 0 aliphatic heterocycles. The van der Waals surface area contributed by atoms with Crippen molar-refractivity contribution in [1.29, 1.82) is 0 Å². The van der Waals surface area contributed by atoms with Gasteiger partial charge >= 0.3 is 6.36 Å². The first-order valence-corrected chi connectivity index (χ1v) is 8.61. The van der Waals surface area contributed by atoms with E-state index in [9.17, 15) is 13.2 Å². The van der Waals surface area contributed by atoms with Gasteiger partial charge in [0.25, 0.3) is 0 Å². The number of hydrogen-bond donors (Lipinski definition) is 1. The molecule has 0 spiro atoms.